The smallest absolute Gasteiger partial charge is 0.135 e. The van der Waals surface area contributed by atoms with Crippen LogP contribution in [0.2, 0.25) is 0 Å². The van der Waals surface area contributed by atoms with Crippen molar-refractivity contribution in [3.05, 3.63) is 246 Å². The molecule has 9 aromatic carbocycles. The Kier molecular flexibility index (Phi) is 7.52. The fourth-order valence-electron chi connectivity index (χ4n) is 10.6. The van der Waals surface area contributed by atoms with E-state index >= 15 is 0 Å². The van der Waals surface area contributed by atoms with Gasteiger partial charge in [-0.25, -0.2) is 0 Å². The zero-order valence-corrected chi connectivity index (χ0v) is 33.6. The normalized spacial score (nSPS) is 14.1. The molecule has 1 heterocycles. The number of nitrogens with zero attached hydrogens (tertiary/aromatic N) is 1. The minimum Gasteiger partial charge on any atom is -0.456 e. The van der Waals surface area contributed by atoms with E-state index in [1.165, 1.54) is 66.8 Å². The van der Waals surface area contributed by atoms with Gasteiger partial charge < -0.3 is 9.32 Å². The van der Waals surface area contributed by atoms with Crippen molar-refractivity contribution in [1.82, 2.24) is 0 Å². The number of furan rings is 1. The van der Waals surface area contributed by atoms with Gasteiger partial charge in [0.1, 0.15) is 11.2 Å². The molecular formula is C58H41NO. The summed E-state index contributed by atoms with van der Waals surface area (Å²) >= 11 is 0. The zero-order valence-electron chi connectivity index (χ0n) is 33.6. The van der Waals surface area contributed by atoms with E-state index < -0.39 is 5.41 Å². The summed E-state index contributed by atoms with van der Waals surface area (Å²) in [6.07, 6.45) is 0. The molecule has 2 heteroatoms. The molecule has 0 aliphatic heterocycles. The second-order valence-electron chi connectivity index (χ2n) is 16.9. The molecule has 0 saturated carbocycles. The average molecular weight is 768 g/mol. The lowest BCUT2D eigenvalue weighted by Crippen LogP contribution is -2.28. The van der Waals surface area contributed by atoms with E-state index in [-0.39, 0.29) is 5.41 Å². The number of hydrogen-bond donors (Lipinski definition) is 0. The first-order valence-electron chi connectivity index (χ1n) is 20.9. The lowest BCUT2D eigenvalue weighted by molar-refractivity contribution is 0.647. The summed E-state index contributed by atoms with van der Waals surface area (Å²) in [4.78, 5) is 2.45. The molecule has 0 spiro atoms. The van der Waals surface area contributed by atoms with E-state index in [2.05, 4.69) is 225 Å². The summed E-state index contributed by atoms with van der Waals surface area (Å²) in [5.74, 6) is 0. The predicted molar refractivity (Wildman–Crippen MR) is 249 cm³/mol. The number of hydrogen-bond acceptors (Lipinski definition) is 2. The fourth-order valence-corrected chi connectivity index (χ4v) is 10.6. The topological polar surface area (TPSA) is 16.4 Å². The Balaban J connectivity index is 1.08. The first-order chi connectivity index (χ1) is 29.5. The van der Waals surface area contributed by atoms with Gasteiger partial charge in [-0.2, -0.15) is 0 Å². The molecule has 284 valence electrons. The minimum absolute atomic E-state index is 0.191. The van der Waals surface area contributed by atoms with Crippen LogP contribution in [0.4, 0.5) is 17.1 Å². The van der Waals surface area contributed by atoms with E-state index in [1.54, 1.807) is 0 Å². The van der Waals surface area contributed by atoms with E-state index in [4.69, 9.17) is 4.42 Å². The van der Waals surface area contributed by atoms with Crippen LogP contribution in [0.3, 0.4) is 0 Å². The van der Waals surface area contributed by atoms with Crippen molar-refractivity contribution < 1.29 is 4.42 Å². The van der Waals surface area contributed by atoms with Crippen LogP contribution in [-0.4, -0.2) is 0 Å². The van der Waals surface area contributed by atoms with Crippen LogP contribution >= 0.6 is 0 Å². The molecule has 60 heavy (non-hydrogen) atoms. The van der Waals surface area contributed by atoms with Gasteiger partial charge in [-0.15, -0.1) is 0 Å². The Morgan fingerprint density at radius 3 is 1.68 bits per heavy atom. The average Bonchev–Trinajstić information content (AvgIpc) is 3.90. The summed E-state index contributed by atoms with van der Waals surface area (Å²) < 4.78 is 6.42. The zero-order chi connectivity index (χ0) is 40.0. The lowest BCUT2D eigenvalue weighted by Gasteiger charge is -2.35. The minimum atomic E-state index is -0.507. The summed E-state index contributed by atoms with van der Waals surface area (Å²) in [6.45, 7) is 4.69. The quantitative estimate of drug-likeness (QED) is 0.168. The maximum Gasteiger partial charge on any atom is 0.135 e. The van der Waals surface area contributed by atoms with Gasteiger partial charge in [0.2, 0.25) is 0 Å². The van der Waals surface area contributed by atoms with Crippen molar-refractivity contribution in [3.8, 4) is 33.4 Å². The largest absolute Gasteiger partial charge is 0.456 e. The summed E-state index contributed by atoms with van der Waals surface area (Å²) in [6, 6.07) is 78.1. The van der Waals surface area contributed by atoms with Crippen LogP contribution in [0.5, 0.6) is 0 Å². The highest BCUT2D eigenvalue weighted by atomic mass is 16.3. The molecular weight excluding hydrogens is 727 g/mol. The van der Waals surface area contributed by atoms with E-state index in [0.29, 0.717) is 0 Å². The first-order valence-corrected chi connectivity index (χ1v) is 20.9. The van der Waals surface area contributed by atoms with Crippen molar-refractivity contribution in [2.75, 3.05) is 4.90 Å². The molecule has 0 fully saturated rings. The fraction of sp³-hybridized carbons (Fsp3) is 0.0690. The molecule has 0 radical (unpaired) electrons. The third kappa shape index (κ3) is 4.94. The van der Waals surface area contributed by atoms with Crippen molar-refractivity contribution in [2.45, 2.75) is 24.7 Å². The summed E-state index contributed by atoms with van der Waals surface area (Å²) in [5, 5.41) is 2.31. The number of fused-ring (bicyclic) bond motifs is 9. The van der Waals surface area contributed by atoms with Crippen molar-refractivity contribution in [1.29, 1.82) is 0 Å². The Morgan fingerprint density at radius 1 is 0.350 bits per heavy atom. The summed E-state index contributed by atoms with van der Waals surface area (Å²) in [5.41, 5.74) is 19.7. The second-order valence-corrected chi connectivity index (χ2v) is 16.9. The highest BCUT2D eigenvalue weighted by molar-refractivity contribution is 6.08. The SMILES string of the molecule is CC1(C)c2ccc(N(c3ccc(-c4ccccc4)cc3)c3cccc(C4(c5ccccc5)c5ccccc5-c5ccccc54)c3)cc2-c2cc3c(cc21)oc1ccccc13. The van der Waals surface area contributed by atoms with E-state index in [0.717, 1.165) is 39.0 Å². The highest BCUT2D eigenvalue weighted by Gasteiger charge is 2.46. The maximum absolute atomic E-state index is 6.42. The van der Waals surface area contributed by atoms with Gasteiger partial charge in [0, 0.05) is 33.2 Å². The van der Waals surface area contributed by atoms with Gasteiger partial charge in [0.15, 0.2) is 0 Å². The van der Waals surface area contributed by atoms with Crippen LogP contribution in [-0.2, 0) is 10.8 Å². The Bertz CT molecular complexity index is 3240. The lowest BCUT2D eigenvalue weighted by atomic mass is 9.67. The second kappa shape index (κ2) is 13.0. The van der Waals surface area contributed by atoms with Gasteiger partial charge in [0.25, 0.3) is 0 Å². The van der Waals surface area contributed by atoms with Gasteiger partial charge in [-0.05, 0) is 121 Å². The van der Waals surface area contributed by atoms with Gasteiger partial charge >= 0.3 is 0 Å². The van der Waals surface area contributed by atoms with Crippen LogP contribution < -0.4 is 4.90 Å². The maximum atomic E-state index is 6.42. The molecule has 1 aromatic heterocycles. The van der Waals surface area contributed by atoms with Gasteiger partial charge in [-0.3, -0.25) is 0 Å². The van der Waals surface area contributed by atoms with Gasteiger partial charge in [0.05, 0.1) is 5.41 Å². The third-order valence-corrected chi connectivity index (χ3v) is 13.3. The first kappa shape index (κ1) is 34.6. The number of anilines is 3. The standard InChI is InChI=1S/C58H41NO/c1-57(2)51-33-32-44(35-48(51)49-36-50-47-24-11-14-27-55(47)60-56(50)37-54(49)57)59(42-30-28-39(29-31-42)38-16-5-3-6-17-38)43-21-15-20-41(34-43)58(40-18-7-4-8-19-40)52-25-12-9-22-45(52)46-23-10-13-26-53(46)58/h3-37H,1-2H3. The molecule has 0 bridgehead atoms. The van der Waals surface area contributed by atoms with Crippen LogP contribution in [0.25, 0.3) is 55.3 Å². The third-order valence-electron chi connectivity index (χ3n) is 13.3. The number of para-hydroxylation sites is 1. The molecule has 2 nitrogen and oxygen atoms in total. The molecule has 0 saturated heterocycles. The predicted octanol–water partition coefficient (Wildman–Crippen LogP) is 15.4. The molecule has 10 aromatic rings. The van der Waals surface area contributed by atoms with Crippen LogP contribution in [0.15, 0.2) is 217 Å². The van der Waals surface area contributed by atoms with E-state index in [1.807, 2.05) is 6.07 Å². The molecule has 2 aliphatic carbocycles. The number of rotatable bonds is 6. The van der Waals surface area contributed by atoms with Crippen LogP contribution in [0.1, 0.15) is 47.2 Å². The Morgan fingerprint density at radius 2 is 0.933 bits per heavy atom. The van der Waals surface area contributed by atoms with E-state index in [9.17, 15) is 0 Å². The summed E-state index contributed by atoms with van der Waals surface area (Å²) in [7, 11) is 0. The monoisotopic (exact) mass is 767 g/mol. The van der Waals surface area contributed by atoms with Crippen molar-refractivity contribution >= 4 is 39.0 Å². The molecule has 2 aliphatic rings. The molecule has 0 amide bonds. The Labute approximate surface area is 350 Å². The van der Waals surface area contributed by atoms with Crippen LogP contribution in [0, 0.1) is 0 Å². The molecule has 0 atom stereocenters. The number of benzene rings is 9. The molecule has 12 rings (SSSR count). The molecule has 0 unspecified atom stereocenters. The highest BCUT2D eigenvalue weighted by Crippen LogP contribution is 2.57. The molecule has 0 N–H and O–H groups in total. The Hall–Kier alpha value is -7.42. The van der Waals surface area contributed by atoms with Crippen molar-refractivity contribution in [3.63, 3.8) is 0 Å². The van der Waals surface area contributed by atoms with Gasteiger partial charge in [-0.1, -0.05) is 172 Å². The van der Waals surface area contributed by atoms with Crippen molar-refractivity contribution in [2.24, 2.45) is 0 Å².